The summed E-state index contributed by atoms with van der Waals surface area (Å²) >= 11 is 0. The second-order valence-electron chi connectivity index (χ2n) is 5.65. The predicted molar refractivity (Wildman–Crippen MR) is 94.5 cm³/mol. The number of aliphatic hydroxyl groups excluding tert-OH is 1. The molecule has 2 aromatic carbocycles. The van der Waals surface area contributed by atoms with E-state index in [1.807, 2.05) is 42.5 Å². The molecular weight excluding hydrogens is 316 g/mol. The first-order chi connectivity index (χ1) is 12.3. The number of aromatic nitrogens is 3. The largest absolute Gasteiger partial charge is 0.395 e. The maximum Gasteiger partial charge on any atom is 0.254 e. The molecule has 1 N–H and O–H groups in total. The number of benzene rings is 2. The number of aliphatic hydroxyl groups is 1. The average molecular weight is 336 g/mol. The molecule has 0 spiro atoms. The van der Waals surface area contributed by atoms with Gasteiger partial charge in [-0.05, 0) is 30.2 Å². The molecule has 0 aliphatic rings. The molecule has 6 nitrogen and oxygen atoms in total. The summed E-state index contributed by atoms with van der Waals surface area (Å²) in [5.74, 6) is -0.105. The van der Waals surface area contributed by atoms with Gasteiger partial charge in [0.25, 0.3) is 5.91 Å². The number of hydrogen-bond donors (Lipinski definition) is 1. The van der Waals surface area contributed by atoms with Gasteiger partial charge in [0.15, 0.2) is 0 Å². The molecule has 0 bridgehead atoms. The van der Waals surface area contributed by atoms with Crippen LogP contribution in [0.5, 0.6) is 0 Å². The van der Waals surface area contributed by atoms with E-state index in [0.29, 0.717) is 18.7 Å². The monoisotopic (exact) mass is 336 g/mol. The fourth-order valence-electron chi connectivity index (χ4n) is 2.65. The van der Waals surface area contributed by atoms with E-state index in [9.17, 15) is 9.90 Å². The molecule has 0 aliphatic heterocycles. The highest BCUT2D eigenvalue weighted by Crippen LogP contribution is 2.12. The van der Waals surface area contributed by atoms with Gasteiger partial charge in [0.1, 0.15) is 0 Å². The highest BCUT2D eigenvalue weighted by Gasteiger charge is 2.16. The number of amides is 1. The summed E-state index contributed by atoms with van der Waals surface area (Å²) < 4.78 is 1.61. The Kier molecular flexibility index (Phi) is 5.53. The molecule has 0 unspecified atom stereocenters. The van der Waals surface area contributed by atoms with Crippen LogP contribution in [-0.2, 0) is 6.42 Å². The molecular formula is C19H20N4O2. The summed E-state index contributed by atoms with van der Waals surface area (Å²) in [6.07, 6.45) is 4.06. The topological polar surface area (TPSA) is 71.2 Å². The Morgan fingerprint density at radius 3 is 2.64 bits per heavy atom. The third-order valence-corrected chi connectivity index (χ3v) is 3.95. The van der Waals surface area contributed by atoms with Crippen molar-refractivity contribution in [1.29, 1.82) is 0 Å². The first kappa shape index (κ1) is 16.9. The quantitative estimate of drug-likeness (QED) is 0.716. The lowest BCUT2D eigenvalue weighted by Crippen LogP contribution is -2.35. The highest BCUT2D eigenvalue weighted by molar-refractivity contribution is 5.94. The molecule has 3 aromatic rings. The smallest absolute Gasteiger partial charge is 0.254 e. The number of carbonyl (C=O) groups excluding carboxylic acids is 1. The van der Waals surface area contributed by atoms with E-state index in [2.05, 4.69) is 10.3 Å². The van der Waals surface area contributed by atoms with E-state index in [-0.39, 0.29) is 12.5 Å². The van der Waals surface area contributed by atoms with Gasteiger partial charge in [-0.2, -0.15) is 0 Å². The Morgan fingerprint density at radius 2 is 1.92 bits per heavy atom. The predicted octanol–water partition coefficient (Wildman–Crippen LogP) is 1.94. The Bertz CT molecular complexity index is 803. The standard InChI is InChI=1S/C19H20N4O2/c24-14-13-22(11-9-16-5-2-1-3-6-16)19(25)17-7-4-8-18(15-17)23-12-10-20-21-23/h1-8,10,12,15,24H,9,11,13-14H2. The highest BCUT2D eigenvalue weighted by atomic mass is 16.3. The molecule has 0 aliphatic carbocycles. The van der Waals surface area contributed by atoms with E-state index in [0.717, 1.165) is 17.7 Å². The van der Waals surface area contributed by atoms with Gasteiger partial charge in [-0.3, -0.25) is 4.79 Å². The molecule has 6 heteroatoms. The summed E-state index contributed by atoms with van der Waals surface area (Å²) in [5, 5.41) is 17.0. The lowest BCUT2D eigenvalue weighted by molar-refractivity contribution is 0.0724. The van der Waals surface area contributed by atoms with Gasteiger partial charge in [-0.25, -0.2) is 4.68 Å². The second kappa shape index (κ2) is 8.21. The van der Waals surface area contributed by atoms with Crippen LogP contribution < -0.4 is 0 Å². The van der Waals surface area contributed by atoms with Gasteiger partial charge in [-0.1, -0.05) is 41.6 Å². The molecule has 25 heavy (non-hydrogen) atoms. The minimum atomic E-state index is -0.105. The SMILES string of the molecule is O=C(c1cccc(-n2ccnn2)c1)N(CCO)CCc1ccccc1. The lowest BCUT2D eigenvalue weighted by atomic mass is 10.1. The van der Waals surface area contributed by atoms with Gasteiger partial charge in [0.05, 0.1) is 24.7 Å². The number of carbonyl (C=O) groups is 1. The van der Waals surface area contributed by atoms with Crippen LogP contribution in [0.2, 0.25) is 0 Å². The van der Waals surface area contributed by atoms with Crippen LogP contribution in [0.4, 0.5) is 0 Å². The number of nitrogens with zero attached hydrogens (tertiary/aromatic N) is 4. The van der Waals surface area contributed by atoms with Crippen molar-refractivity contribution < 1.29 is 9.90 Å². The third-order valence-electron chi connectivity index (χ3n) is 3.95. The Morgan fingerprint density at radius 1 is 1.08 bits per heavy atom. The van der Waals surface area contributed by atoms with Crippen molar-refractivity contribution in [3.05, 3.63) is 78.1 Å². The van der Waals surface area contributed by atoms with Crippen molar-refractivity contribution in [2.24, 2.45) is 0 Å². The third kappa shape index (κ3) is 4.30. The van der Waals surface area contributed by atoms with E-state index >= 15 is 0 Å². The van der Waals surface area contributed by atoms with Gasteiger partial charge in [0.2, 0.25) is 0 Å². The normalized spacial score (nSPS) is 10.6. The maximum atomic E-state index is 12.8. The van der Waals surface area contributed by atoms with Crippen LogP contribution in [0.1, 0.15) is 15.9 Å². The van der Waals surface area contributed by atoms with Crippen molar-refractivity contribution in [2.75, 3.05) is 19.7 Å². The van der Waals surface area contributed by atoms with Gasteiger partial charge in [0, 0.05) is 18.7 Å². The summed E-state index contributed by atoms with van der Waals surface area (Å²) in [6.45, 7) is 0.791. The van der Waals surface area contributed by atoms with Crippen molar-refractivity contribution >= 4 is 5.91 Å². The van der Waals surface area contributed by atoms with Crippen molar-refractivity contribution in [1.82, 2.24) is 19.9 Å². The van der Waals surface area contributed by atoms with Crippen LogP contribution >= 0.6 is 0 Å². The fraction of sp³-hybridized carbons (Fsp3) is 0.211. The van der Waals surface area contributed by atoms with E-state index in [1.165, 1.54) is 0 Å². The summed E-state index contributed by atoms with van der Waals surface area (Å²) in [5.41, 5.74) is 2.50. The van der Waals surface area contributed by atoms with Crippen molar-refractivity contribution in [2.45, 2.75) is 6.42 Å². The average Bonchev–Trinajstić information content (AvgIpc) is 3.20. The molecule has 0 fully saturated rings. The lowest BCUT2D eigenvalue weighted by Gasteiger charge is -2.22. The fourth-order valence-corrected chi connectivity index (χ4v) is 2.65. The number of rotatable bonds is 7. The zero-order valence-corrected chi connectivity index (χ0v) is 13.8. The van der Waals surface area contributed by atoms with E-state index in [1.54, 1.807) is 34.1 Å². The van der Waals surface area contributed by atoms with Crippen LogP contribution in [0.3, 0.4) is 0 Å². The first-order valence-electron chi connectivity index (χ1n) is 8.19. The first-order valence-corrected chi connectivity index (χ1v) is 8.19. The molecule has 3 rings (SSSR count). The molecule has 0 radical (unpaired) electrons. The second-order valence-corrected chi connectivity index (χ2v) is 5.65. The summed E-state index contributed by atoms with van der Waals surface area (Å²) in [4.78, 5) is 14.5. The summed E-state index contributed by atoms with van der Waals surface area (Å²) in [7, 11) is 0. The molecule has 1 aromatic heterocycles. The Labute approximate surface area is 146 Å². The Balaban J connectivity index is 1.75. The minimum absolute atomic E-state index is 0.0662. The zero-order valence-electron chi connectivity index (χ0n) is 13.8. The zero-order chi connectivity index (χ0) is 17.5. The van der Waals surface area contributed by atoms with Gasteiger partial charge in [-0.15, -0.1) is 5.10 Å². The Hall–Kier alpha value is -2.99. The summed E-state index contributed by atoms with van der Waals surface area (Å²) in [6, 6.07) is 17.2. The van der Waals surface area contributed by atoms with Gasteiger partial charge < -0.3 is 10.0 Å². The van der Waals surface area contributed by atoms with E-state index in [4.69, 9.17) is 0 Å². The van der Waals surface area contributed by atoms with E-state index < -0.39 is 0 Å². The molecule has 1 amide bonds. The molecule has 128 valence electrons. The maximum absolute atomic E-state index is 12.8. The number of hydrogen-bond acceptors (Lipinski definition) is 4. The van der Waals surface area contributed by atoms with Gasteiger partial charge >= 0.3 is 0 Å². The van der Waals surface area contributed by atoms with Crippen molar-refractivity contribution in [3.8, 4) is 5.69 Å². The minimum Gasteiger partial charge on any atom is -0.395 e. The van der Waals surface area contributed by atoms with Crippen LogP contribution in [0, 0.1) is 0 Å². The molecule has 0 saturated carbocycles. The molecule has 0 atom stereocenters. The molecule has 1 heterocycles. The van der Waals surface area contributed by atoms with Crippen molar-refractivity contribution in [3.63, 3.8) is 0 Å². The van der Waals surface area contributed by atoms with Crippen LogP contribution in [-0.4, -0.2) is 50.6 Å². The van der Waals surface area contributed by atoms with Crippen LogP contribution in [0.25, 0.3) is 5.69 Å². The molecule has 0 saturated heterocycles. The van der Waals surface area contributed by atoms with Crippen LogP contribution in [0.15, 0.2) is 67.0 Å².